The molecule has 0 bridgehead atoms. The van der Waals surface area contributed by atoms with Crippen molar-refractivity contribution in [3.63, 3.8) is 0 Å². The summed E-state index contributed by atoms with van der Waals surface area (Å²) in [5.41, 5.74) is 3.68. The lowest BCUT2D eigenvalue weighted by atomic mass is 10.1. The van der Waals surface area contributed by atoms with E-state index in [1.807, 2.05) is 12.3 Å². The molecule has 1 fully saturated rings. The van der Waals surface area contributed by atoms with Gasteiger partial charge in [0.25, 0.3) is 0 Å². The van der Waals surface area contributed by atoms with Gasteiger partial charge >= 0.3 is 0 Å². The quantitative estimate of drug-likeness (QED) is 0.241. The van der Waals surface area contributed by atoms with E-state index in [-0.39, 0.29) is 24.0 Å². The number of anilines is 1. The zero-order valence-electron chi connectivity index (χ0n) is 19.0. The number of fused-ring (bicyclic) bond motifs is 1. The zero-order chi connectivity index (χ0) is 21.5. The van der Waals surface area contributed by atoms with Crippen molar-refractivity contribution in [2.45, 2.75) is 19.9 Å². The van der Waals surface area contributed by atoms with E-state index in [0.717, 1.165) is 57.5 Å². The smallest absolute Gasteiger partial charge is 0.191 e. The third kappa shape index (κ3) is 6.13. The van der Waals surface area contributed by atoms with Gasteiger partial charge in [0.1, 0.15) is 5.82 Å². The SMILES string of the molecule is CCNC(=NCc1cccnc1N1CCN(C)CC1)NCCc1c[nH]c2ccccc12.I. The minimum Gasteiger partial charge on any atom is -0.361 e. The van der Waals surface area contributed by atoms with Crippen molar-refractivity contribution in [1.82, 2.24) is 25.5 Å². The first-order chi connectivity index (χ1) is 15.2. The summed E-state index contributed by atoms with van der Waals surface area (Å²) in [5.74, 6) is 1.91. The number of halogens is 1. The molecule has 172 valence electrons. The number of H-pyrrole nitrogens is 1. The molecule has 3 N–H and O–H groups in total. The molecule has 0 amide bonds. The number of benzene rings is 1. The molecule has 1 aliphatic rings. The number of nitrogens with zero attached hydrogens (tertiary/aromatic N) is 4. The lowest BCUT2D eigenvalue weighted by molar-refractivity contribution is 0.312. The van der Waals surface area contributed by atoms with Gasteiger partial charge in [0, 0.05) is 68.1 Å². The number of hydrogen-bond donors (Lipinski definition) is 3. The van der Waals surface area contributed by atoms with Gasteiger partial charge in [-0.15, -0.1) is 24.0 Å². The molecule has 0 saturated carbocycles. The van der Waals surface area contributed by atoms with Crippen LogP contribution in [0.5, 0.6) is 0 Å². The zero-order valence-corrected chi connectivity index (χ0v) is 21.3. The average molecular weight is 547 g/mol. The molecule has 4 rings (SSSR count). The van der Waals surface area contributed by atoms with Crippen LogP contribution in [-0.2, 0) is 13.0 Å². The second-order valence-electron chi connectivity index (χ2n) is 8.01. The minimum absolute atomic E-state index is 0. The van der Waals surface area contributed by atoms with Crippen molar-refractivity contribution in [2.24, 2.45) is 4.99 Å². The van der Waals surface area contributed by atoms with Crippen LogP contribution >= 0.6 is 24.0 Å². The molecule has 2 aromatic heterocycles. The summed E-state index contributed by atoms with van der Waals surface area (Å²) >= 11 is 0. The van der Waals surface area contributed by atoms with Gasteiger partial charge in [0.15, 0.2) is 5.96 Å². The first-order valence-corrected chi connectivity index (χ1v) is 11.2. The molecule has 1 aromatic carbocycles. The number of pyridine rings is 1. The third-order valence-electron chi connectivity index (χ3n) is 5.78. The van der Waals surface area contributed by atoms with Crippen molar-refractivity contribution in [1.29, 1.82) is 0 Å². The second kappa shape index (κ2) is 12.1. The van der Waals surface area contributed by atoms with Crippen molar-refractivity contribution in [3.8, 4) is 0 Å². The summed E-state index contributed by atoms with van der Waals surface area (Å²) in [6.07, 6.45) is 4.92. The fraction of sp³-hybridized carbons (Fsp3) is 0.417. The van der Waals surface area contributed by atoms with Crippen LogP contribution in [-0.4, -0.2) is 67.1 Å². The highest BCUT2D eigenvalue weighted by molar-refractivity contribution is 14.0. The molecule has 0 spiro atoms. The van der Waals surface area contributed by atoms with E-state index >= 15 is 0 Å². The van der Waals surface area contributed by atoms with Gasteiger partial charge in [0.2, 0.25) is 0 Å². The Bertz CT molecular complexity index is 1010. The predicted molar refractivity (Wildman–Crippen MR) is 144 cm³/mol. The van der Waals surface area contributed by atoms with E-state index in [1.54, 1.807) is 0 Å². The highest BCUT2D eigenvalue weighted by Crippen LogP contribution is 2.20. The van der Waals surface area contributed by atoms with Gasteiger partial charge in [-0.05, 0) is 38.1 Å². The van der Waals surface area contributed by atoms with Gasteiger partial charge in [-0.1, -0.05) is 24.3 Å². The summed E-state index contributed by atoms with van der Waals surface area (Å²) < 4.78 is 0. The van der Waals surface area contributed by atoms with Gasteiger partial charge in [-0.3, -0.25) is 0 Å². The lowest BCUT2D eigenvalue weighted by Crippen LogP contribution is -2.45. The van der Waals surface area contributed by atoms with Crippen LogP contribution < -0.4 is 15.5 Å². The van der Waals surface area contributed by atoms with E-state index in [1.165, 1.54) is 22.0 Å². The summed E-state index contributed by atoms with van der Waals surface area (Å²) in [6.45, 7) is 8.51. The number of piperazine rings is 1. The number of aromatic nitrogens is 2. The number of para-hydroxylation sites is 1. The van der Waals surface area contributed by atoms with Crippen LogP contribution in [0, 0.1) is 0 Å². The Hall–Kier alpha value is -2.33. The molecule has 0 atom stereocenters. The predicted octanol–water partition coefficient (Wildman–Crippen LogP) is 3.23. The number of rotatable bonds is 7. The Kier molecular flexibility index (Phi) is 9.16. The summed E-state index contributed by atoms with van der Waals surface area (Å²) in [5, 5.41) is 8.14. The van der Waals surface area contributed by atoms with Crippen molar-refractivity contribution in [2.75, 3.05) is 51.2 Å². The van der Waals surface area contributed by atoms with Crippen LogP contribution in [0.4, 0.5) is 5.82 Å². The Morgan fingerprint density at radius 3 is 2.69 bits per heavy atom. The lowest BCUT2D eigenvalue weighted by Gasteiger charge is -2.34. The summed E-state index contributed by atoms with van der Waals surface area (Å²) in [6, 6.07) is 12.6. The minimum atomic E-state index is 0. The maximum Gasteiger partial charge on any atom is 0.191 e. The largest absolute Gasteiger partial charge is 0.361 e. The van der Waals surface area contributed by atoms with Crippen LogP contribution in [0.2, 0.25) is 0 Å². The molecule has 1 aliphatic heterocycles. The number of aromatic amines is 1. The standard InChI is InChI=1S/C24H33N7.HI/c1-3-25-24(27-12-10-19-17-28-22-9-5-4-8-21(19)22)29-18-20-7-6-11-26-23(20)31-15-13-30(2)14-16-31;/h4-9,11,17,28H,3,10,12-16,18H2,1-2H3,(H2,25,27,29);1H. The molecule has 3 aromatic rings. The van der Waals surface area contributed by atoms with Gasteiger partial charge < -0.3 is 25.4 Å². The fourth-order valence-corrected chi connectivity index (χ4v) is 4.02. The van der Waals surface area contributed by atoms with Crippen molar-refractivity contribution >= 4 is 46.7 Å². The first-order valence-electron chi connectivity index (χ1n) is 11.2. The van der Waals surface area contributed by atoms with Crippen LogP contribution in [0.1, 0.15) is 18.1 Å². The Labute approximate surface area is 207 Å². The van der Waals surface area contributed by atoms with Crippen molar-refractivity contribution < 1.29 is 0 Å². The Balaban J connectivity index is 0.00000289. The normalized spacial score (nSPS) is 14.9. The van der Waals surface area contributed by atoms with Crippen LogP contribution in [0.25, 0.3) is 10.9 Å². The third-order valence-corrected chi connectivity index (χ3v) is 5.78. The number of guanidine groups is 1. The first kappa shape index (κ1) is 24.3. The van der Waals surface area contributed by atoms with Gasteiger partial charge in [-0.2, -0.15) is 0 Å². The molecule has 0 aliphatic carbocycles. The van der Waals surface area contributed by atoms with E-state index in [2.05, 4.69) is 80.9 Å². The second-order valence-corrected chi connectivity index (χ2v) is 8.01. The van der Waals surface area contributed by atoms with E-state index in [4.69, 9.17) is 4.99 Å². The number of hydrogen-bond acceptors (Lipinski definition) is 4. The van der Waals surface area contributed by atoms with Crippen molar-refractivity contribution in [3.05, 3.63) is 59.9 Å². The average Bonchev–Trinajstić information content (AvgIpc) is 3.21. The van der Waals surface area contributed by atoms with E-state index in [9.17, 15) is 0 Å². The van der Waals surface area contributed by atoms with Gasteiger partial charge in [-0.25, -0.2) is 9.98 Å². The molecule has 0 radical (unpaired) electrons. The highest BCUT2D eigenvalue weighted by Gasteiger charge is 2.17. The maximum atomic E-state index is 4.84. The molecule has 8 heteroatoms. The van der Waals surface area contributed by atoms with Crippen LogP contribution in [0.15, 0.2) is 53.8 Å². The Morgan fingerprint density at radius 1 is 1.06 bits per heavy atom. The summed E-state index contributed by atoms with van der Waals surface area (Å²) in [7, 11) is 2.17. The van der Waals surface area contributed by atoms with Crippen LogP contribution in [0.3, 0.4) is 0 Å². The highest BCUT2D eigenvalue weighted by atomic mass is 127. The number of nitrogens with one attached hydrogen (secondary N) is 3. The van der Waals surface area contributed by atoms with E-state index < -0.39 is 0 Å². The number of likely N-dealkylation sites (N-methyl/N-ethyl adjacent to an activating group) is 1. The molecule has 0 unspecified atom stereocenters. The topological polar surface area (TPSA) is 71.6 Å². The number of aliphatic imine (C=N–C) groups is 1. The Morgan fingerprint density at radius 2 is 1.88 bits per heavy atom. The fourth-order valence-electron chi connectivity index (χ4n) is 4.02. The molecule has 7 nitrogen and oxygen atoms in total. The molecule has 32 heavy (non-hydrogen) atoms. The summed E-state index contributed by atoms with van der Waals surface area (Å²) in [4.78, 5) is 17.6. The monoisotopic (exact) mass is 547 g/mol. The molecular weight excluding hydrogens is 513 g/mol. The van der Waals surface area contributed by atoms with Gasteiger partial charge in [0.05, 0.1) is 6.54 Å². The molecular formula is C24H34IN7. The van der Waals surface area contributed by atoms with E-state index in [0.29, 0.717) is 6.54 Å². The molecule has 3 heterocycles. The maximum absolute atomic E-state index is 4.84. The molecule has 1 saturated heterocycles.